The summed E-state index contributed by atoms with van der Waals surface area (Å²) in [6.07, 6.45) is 0.639. The van der Waals surface area contributed by atoms with Crippen LogP contribution in [0.15, 0.2) is 53.7 Å². The molecular formula is C19H18ClFN4OS. The molecule has 0 bridgehead atoms. The van der Waals surface area contributed by atoms with Crippen LogP contribution in [0.3, 0.4) is 0 Å². The molecule has 5 nitrogen and oxygen atoms in total. The maximum absolute atomic E-state index is 12.9. The van der Waals surface area contributed by atoms with Crippen molar-refractivity contribution in [2.45, 2.75) is 25.0 Å². The van der Waals surface area contributed by atoms with E-state index in [4.69, 9.17) is 11.6 Å². The monoisotopic (exact) mass is 404 g/mol. The Bertz CT molecular complexity index is 912. The average molecular weight is 405 g/mol. The molecule has 0 aliphatic heterocycles. The van der Waals surface area contributed by atoms with Crippen LogP contribution in [0.5, 0.6) is 0 Å². The Morgan fingerprint density at radius 2 is 1.85 bits per heavy atom. The van der Waals surface area contributed by atoms with Gasteiger partial charge in [-0.1, -0.05) is 35.5 Å². The first-order valence-corrected chi connectivity index (χ1v) is 9.76. The summed E-state index contributed by atoms with van der Waals surface area (Å²) in [6, 6.07) is 13.3. The molecule has 0 atom stereocenters. The van der Waals surface area contributed by atoms with Crippen LogP contribution in [0.4, 0.5) is 10.1 Å². The molecule has 0 spiro atoms. The second kappa shape index (κ2) is 9.01. The number of hydrogen-bond acceptors (Lipinski definition) is 4. The number of nitrogens with zero attached hydrogens (tertiary/aromatic N) is 3. The minimum absolute atomic E-state index is 0.184. The highest BCUT2D eigenvalue weighted by Crippen LogP contribution is 2.20. The molecule has 8 heteroatoms. The minimum atomic E-state index is -0.341. The quantitative estimate of drug-likeness (QED) is 0.592. The largest absolute Gasteiger partial charge is 0.325 e. The van der Waals surface area contributed by atoms with Crippen molar-refractivity contribution in [2.24, 2.45) is 0 Å². The number of aromatic nitrogens is 3. The summed E-state index contributed by atoms with van der Waals surface area (Å²) in [4.78, 5) is 12.1. The van der Waals surface area contributed by atoms with Gasteiger partial charge in [-0.25, -0.2) is 4.39 Å². The van der Waals surface area contributed by atoms with E-state index in [0.717, 1.165) is 11.4 Å². The standard InChI is InChI=1S/C19H18ClFN4OS/c1-2-25-17(11-13-3-5-14(20)6-4-13)23-24-19(25)27-12-18(26)22-16-9-7-15(21)8-10-16/h3-10H,2,11-12H2,1H3,(H,22,26). The van der Waals surface area contributed by atoms with Gasteiger partial charge in [0.05, 0.1) is 5.75 Å². The fourth-order valence-electron chi connectivity index (χ4n) is 2.52. The molecule has 3 aromatic rings. The zero-order valence-electron chi connectivity index (χ0n) is 14.7. The van der Waals surface area contributed by atoms with Crippen molar-refractivity contribution < 1.29 is 9.18 Å². The van der Waals surface area contributed by atoms with Gasteiger partial charge in [-0.3, -0.25) is 4.79 Å². The Hall–Kier alpha value is -2.38. The van der Waals surface area contributed by atoms with E-state index in [-0.39, 0.29) is 17.5 Å². The van der Waals surface area contributed by atoms with E-state index in [2.05, 4.69) is 15.5 Å². The van der Waals surface area contributed by atoms with Gasteiger partial charge in [0.2, 0.25) is 5.91 Å². The normalized spacial score (nSPS) is 10.8. The molecule has 0 radical (unpaired) electrons. The Morgan fingerprint density at radius 1 is 1.15 bits per heavy atom. The summed E-state index contributed by atoms with van der Waals surface area (Å²) >= 11 is 7.24. The summed E-state index contributed by atoms with van der Waals surface area (Å²) in [7, 11) is 0. The number of carbonyl (C=O) groups is 1. The van der Waals surface area contributed by atoms with Gasteiger partial charge in [0.15, 0.2) is 5.16 Å². The van der Waals surface area contributed by atoms with Crippen molar-refractivity contribution >= 4 is 35.0 Å². The molecule has 1 aromatic heterocycles. The smallest absolute Gasteiger partial charge is 0.234 e. The lowest BCUT2D eigenvalue weighted by Crippen LogP contribution is -2.14. The molecule has 0 unspecified atom stereocenters. The highest BCUT2D eigenvalue weighted by Gasteiger charge is 2.14. The number of thioether (sulfide) groups is 1. The van der Waals surface area contributed by atoms with Crippen LogP contribution >= 0.6 is 23.4 Å². The molecular weight excluding hydrogens is 387 g/mol. The van der Waals surface area contributed by atoms with Gasteiger partial charge >= 0.3 is 0 Å². The van der Waals surface area contributed by atoms with Crippen molar-refractivity contribution in [3.05, 3.63) is 70.8 Å². The first kappa shape index (κ1) is 19.4. The third-order valence-corrected chi connectivity index (χ3v) is 5.06. The van der Waals surface area contributed by atoms with Gasteiger partial charge in [-0.15, -0.1) is 10.2 Å². The first-order valence-electron chi connectivity index (χ1n) is 8.40. The van der Waals surface area contributed by atoms with Crippen LogP contribution in [0.25, 0.3) is 0 Å². The molecule has 0 saturated heterocycles. The minimum Gasteiger partial charge on any atom is -0.325 e. The van der Waals surface area contributed by atoms with Gasteiger partial charge in [0.1, 0.15) is 11.6 Å². The summed E-state index contributed by atoms with van der Waals surface area (Å²) in [5, 5.41) is 12.6. The summed E-state index contributed by atoms with van der Waals surface area (Å²) in [5.74, 6) is 0.501. The number of rotatable bonds is 7. The highest BCUT2D eigenvalue weighted by molar-refractivity contribution is 7.99. The van der Waals surface area contributed by atoms with E-state index in [9.17, 15) is 9.18 Å². The number of nitrogens with one attached hydrogen (secondary N) is 1. The Balaban J connectivity index is 1.61. The van der Waals surface area contributed by atoms with Crippen molar-refractivity contribution in [1.82, 2.24) is 14.8 Å². The van der Waals surface area contributed by atoms with Crippen LogP contribution in [0.2, 0.25) is 5.02 Å². The molecule has 1 N–H and O–H groups in total. The van der Waals surface area contributed by atoms with Crippen LogP contribution in [0, 0.1) is 5.82 Å². The number of carbonyl (C=O) groups excluding carboxylic acids is 1. The van der Waals surface area contributed by atoms with E-state index in [1.54, 1.807) is 0 Å². The number of benzene rings is 2. The Morgan fingerprint density at radius 3 is 2.52 bits per heavy atom. The van der Waals surface area contributed by atoms with Crippen LogP contribution in [-0.4, -0.2) is 26.4 Å². The summed E-state index contributed by atoms with van der Waals surface area (Å²) < 4.78 is 14.9. The highest BCUT2D eigenvalue weighted by atomic mass is 35.5. The molecule has 0 aliphatic carbocycles. The van der Waals surface area contributed by atoms with Crippen LogP contribution in [0.1, 0.15) is 18.3 Å². The summed E-state index contributed by atoms with van der Waals surface area (Å²) in [6.45, 7) is 2.72. The topological polar surface area (TPSA) is 59.8 Å². The fourth-order valence-corrected chi connectivity index (χ4v) is 3.47. The van der Waals surface area contributed by atoms with E-state index < -0.39 is 0 Å². The molecule has 0 saturated carbocycles. The van der Waals surface area contributed by atoms with Gasteiger partial charge in [-0.05, 0) is 48.9 Å². The predicted octanol–water partition coefficient (Wildman–Crippen LogP) is 4.41. The second-order valence-electron chi connectivity index (χ2n) is 5.79. The molecule has 0 aliphatic rings. The maximum Gasteiger partial charge on any atom is 0.234 e. The van der Waals surface area contributed by atoms with Gasteiger partial charge < -0.3 is 9.88 Å². The van der Waals surface area contributed by atoms with E-state index in [0.29, 0.717) is 28.8 Å². The molecule has 1 heterocycles. The van der Waals surface area contributed by atoms with Crippen molar-refractivity contribution in [3.63, 3.8) is 0 Å². The maximum atomic E-state index is 12.9. The second-order valence-corrected chi connectivity index (χ2v) is 7.17. The third-order valence-electron chi connectivity index (χ3n) is 3.85. The Labute approximate surface area is 166 Å². The fraction of sp³-hybridized carbons (Fsp3) is 0.211. The van der Waals surface area contributed by atoms with Crippen LogP contribution < -0.4 is 5.32 Å². The lowest BCUT2D eigenvalue weighted by atomic mass is 10.1. The Kier molecular flexibility index (Phi) is 6.47. The number of hydrogen-bond donors (Lipinski definition) is 1. The van der Waals surface area contributed by atoms with E-state index in [1.807, 2.05) is 35.8 Å². The molecule has 2 aromatic carbocycles. The number of amides is 1. The van der Waals surface area contributed by atoms with Crippen molar-refractivity contribution in [3.8, 4) is 0 Å². The van der Waals surface area contributed by atoms with Crippen molar-refractivity contribution in [1.29, 1.82) is 0 Å². The number of anilines is 1. The summed E-state index contributed by atoms with van der Waals surface area (Å²) in [5.41, 5.74) is 1.65. The van der Waals surface area contributed by atoms with E-state index >= 15 is 0 Å². The van der Waals surface area contributed by atoms with E-state index in [1.165, 1.54) is 36.0 Å². The van der Waals surface area contributed by atoms with Gasteiger partial charge in [0.25, 0.3) is 0 Å². The third kappa shape index (κ3) is 5.30. The lowest BCUT2D eigenvalue weighted by molar-refractivity contribution is -0.113. The SMILES string of the molecule is CCn1c(Cc2ccc(Cl)cc2)nnc1SCC(=O)Nc1ccc(F)cc1. The zero-order valence-corrected chi connectivity index (χ0v) is 16.2. The zero-order chi connectivity index (χ0) is 19.2. The average Bonchev–Trinajstić information content (AvgIpc) is 3.05. The lowest BCUT2D eigenvalue weighted by Gasteiger charge is -2.08. The van der Waals surface area contributed by atoms with Gasteiger partial charge in [-0.2, -0.15) is 0 Å². The van der Waals surface area contributed by atoms with Crippen LogP contribution in [-0.2, 0) is 17.8 Å². The predicted molar refractivity (Wildman–Crippen MR) is 106 cm³/mol. The molecule has 0 fully saturated rings. The first-order chi connectivity index (χ1) is 13.0. The van der Waals surface area contributed by atoms with Crippen molar-refractivity contribution in [2.75, 3.05) is 11.1 Å². The molecule has 140 valence electrons. The number of halogens is 2. The molecule has 3 rings (SSSR count). The molecule has 1 amide bonds. The molecule has 27 heavy (non-hydrogen) atoms. The van der Waals surface area contributed by atoms with Gasteiger partial charge in [0, 0.05) is 23.7 Å².